The lowest BCUT2D eigenvalue weighted by atomic mass is 9.84. The molecule has 1 aromatic carbocycles. The molecule has 1 aromatic rings. The predicted molar refractivity (Wildman–Crippen MR) is 79.0 cm³/mol. The molecule has 3 heteroatoms. The van der Waals surface area contributed by atoms with Crippen LogP contribution in [0.2, 0.25) is 0 Å². The molecule has 3 nitrogen and oxygen atoms in total. The molecule has 20 heavy (non-hydrogen) atoms. The van der Waals surface area contributed by atoms with Crippen LogP contribution in [0.4, 0.5) is 0 Å². The van der Waals surface area contributed by atoms with Crippen LogP contribution in [0, 0.1) is 0 Å². The van der Waals surface area contributed by atoms with E-state index in [1.165, 1.54) is 37.7 Å². The highest BCUT2D eigenvalue weighted by Crippen LogP contribution is 2.33. The van der Waals surface area contributed by atoms with Gasteiger partial charge in [0.15, 0.2) is 0 Å². The van der Waals surface area contributed by atoms with Gasteiger partial charge in [-0.1, -0.05) is 31.4 Å². The van der Waals surface area contributed by atoms with E-state index in [2.05, 4.69) is 12.1 Å². The zero-order chi connectivity index (χ0) is 14.2. The molecule has 1 aliphatic rings. The molecule has 0 bridgehead atoms. The second-order valence-electron chi connectivity index (χ2n) is 5.47. The van der Waals surface area contributed by atoms with Crippen molar-refractivity contribution in [3.8, 4) is 5.75 Å². The minimum Gasteiger partial charge on any atom is -0.427 e. The predicted octanol–water partition coefficient (Wildman–Crippen LogP) is 4.07. The second-order valence-corrected chi connectivity index (χ2v) is 5.47. The summed E-state index contributed by atoms with van der Waals surface area (Å²) >= 11 is 0. The van der Waals surface area contributed by atoms with Gasteiger partial charge in [-0.25, -0.2) is 0 Å². The summed E-state index contributed by atoms with van der Waals surface area (Å²) in [6.07, 6.45) is 7.72. The average molecular weight is 276 g/mol. The molecular weight excluding hydrogens is 252 g/mol. The Morgan fingerprint density at radius 2 is 1.85 bits per heavy atom. The summed E-state index contributed by atoms with van der Waals surface area (Å²) in [5.41, 5.74) is 1.38. The first-order valence-corrected chi connectivity index (χ1v) is 7.59. The summed E-state index contributed by atoms with van der Waals surface area (Å²) in [6.45, 7) is 0.593. The van der Waals surface area contributed by atoms with E-state index in [4.69, 9.17) is 9.47 Å². The van der Waals surface area contributed by atoms with Gasteiger partial charge in [-0.05, 0) is 42.9 Å². The van der Waals surface area contributed by atoms with Gasteiger partial charge in [-0.2, -0.15) is 0 Å². The highest BCUT2D eigenvalue weighted by molar-refractivity contribution is 5.72. The van der Waals surface area contributed by atoms with E-state index in [0.29, 0.717) is 31.1 Å². The normalized spacial score (nSPS) is 16.1. The summed E-state index contributed by atoms with van der Waals surface area (Å²) in [6, 6.07) is 8.04. The molecule has 1 saturated carbocycles. The van der Waals surface area contributed by atoms with Crippen LogP contribution in [-0.2, 0) is 9.53 Å². The third-order valence-corrected chi connectivity index (χ3v) is 3.92. The number of ether oxygens (including phenoxy) is 2. The Balaban J connectivity index is 1.83. The summed E-state index contributed by atoms with van der Waals surface area (Å²) in [5, 5.41) is 0. The minimum absolute atomic E-state index is 0.188. The maximum absolute atomic E-state index is 11.6. The van der Waals surface area contributed by atoms with Gasteiger partial charge in [0.25, 0.3) is 0 Å². The number of methoxy groups -OCH3 is 1. The number of carbonyl (C=O) groups excluding carboxylic acids is 1. The molecule has 0 unspecified atom stereocenters. The summed E-state index contributed by atoms with van der Waals surface area (Å²) in [7, 11) is 1.63. The molecule has 0 N–H and O–H groups in total. The highest BCUT2D eigenvalue weighted by atomic mass is 16.5. The summed E-state index contributed by atoms with van der Waals surface area (Å²) in [5.74, 6) is 1.15. The Morgan fingerprint density at radius 1 is 1.15 bits per heavy atom. The van der Waals surface area contributed by atoms with Crippen molar-refractivity contribution in [1.82, 2.24) is 0 Å². The quantitative estimate of drug-likeness (QED) is 0.446. The van der Waals surface area contributed by atoms with Gasteiger partial charge in [0.1, 0.15) is 5.75 Å². The van der Waals surface area contributed by atoms with Crippen molar-refractivity contribution in [2.45, 2.75) is 50.9 Å². The fourth-order valence-electron chi connectivity index (χ4n) is 2.79. The van der Waals surface area contributed by atoms with Gasteiger partial charge < -0.3 is 9.47 Å². The fraction of sp³-hybridized carbons (Fsp3) is 0.588. The second kappa shape index (κ2) is 8.05. The van der Waals surface area contributed by atoms with Gasteiger partial charge >= 0.3 is 5.97 Å². The van der Waals surface area contributed by atoms with Gasteiger partial charge in [0, 0.05) is 20.1 Å². The van der Waals surface area contributed by atoms with E-state index in [-0.39, 0.29) is 5.97 Å². The Labute approximate surface area is 121 Å². The van der Waals surface area contributed by atoms with Crippen LogP contribution >= 0.6 is 0 Å². The van der Waals surface area contributed by atoms with E-state index in [1.807, 2.05) is 12.1 Å². The number of benzene rings is 1. The number of rotatable bonds is 6. The number of carbonyl (C=O) groups is 1. The molecule has 0 heterocycles. The topological polar surface area (TPSA) is 35.5 Å². The SMILES string of the molecule is COCCCC(=O)Oc1ccc(C2CCCCC2)cc1. The molecule has 2 rings (SSSR count). The van der Waals surface area contributed by atoms with Gasteiger partial charge in [0.05, 0.1) is 0 Å². The molecule has 0 spiro atoms. The van der Waals surface area contributed by atoms with Crippen LogP contribution in [-0.4, -0.2) is 19.7 Å². The molecule has 0 atom stereocenters. The summed E-state index contributed by atoms with van der Waals surface area (Å²) < 4.78 is 10.2. The lowest BCUT2D eigenvalue weighted by Crippen LogP contribution is -2.09. The number of esters is 1. The highest BCUT2D eigenvalue weighted by Gasteiger charge is 2.15. The Kier molecular flexibility index (Phi) is 6.06. The maximum atomic E-state index is 11.6. The zero-order valence-electron chi connectivity index (χ0n) is 12.3. The Hall–Kier alpha value is -1.35. The van der Waals surface area contributed by atoms with Crippen LogP contribution in [0.15, 0.2) is 24.3 Å². The van der Waals surface area contributed by atoms with E-state index in [1.54, 1.807) is 7.11 Å². The lowest BCUT2D eigenvalue weighted by molar-refractivity contribution is -0.134. The molecular formula is C17H24O3. The third-order valence-electron chi connectivity index (χ3n) is 3.92. The van der Waals surface area contributed by atoms with E-state index >= 15 is 0 Å². The van der Waals surface area contributed by atoms with Crippen LogP contribution in [0.3, 0.4) is 0 Å². The Bertz CT molecular complexity index is 405. The molecule has 1 aliphatic carbocycles. The van der Waals surface area contributed by atoms with Crippen molar-refractivity contribution in [2.75, 3.05) is 13.7 Å². The molecule has 0 aliphatic heterocycles. The van der Waals surface area contributed by atoms with Crippen LogP contribution in [0.5, 0.6) is 5.75 Å². The minimum atomic E-state index is -0.188. The van der Waals surface area contributed by atoms with Gasteiger partial charge in [-0.3, -0.25) is 4.79 Å². The van der Waals surface area contributed by atoms with Crippen molar-refractivity contribution in [2.24, 2.45) is 0 Å². The maximum Gasteiger partial charge on any atom is 0.311 e. The molecule has 0 radical (unpaired) electrons. The smallest absolute Gasteiger partial charge is 0.311 e. The van der Waals surface area contributed by atoms with E-state index in [0.717, 1.165) is 0 Å². The van der Waals surface area contributed by atoms with Gasteiger partial charge in [-0.15, -0.1) is 0 Å². The van der Waals surface area contributed by atoms with E-state index < -0.39 is 0 Å². The third kappa shape index (κ3) is 4.64. The molecule has 0 amide bonds. The van der Waals surface area contributed by atoms with Crippen LogP contribution in [0.1, 0.15) is 56.4 Å². The van der Waals surface area contributed by atoms with Gasteiger partial charge in [0.2, 0.25) is 0 Å². The molecule has 0 saturated heterocycles. The van der Waals surface area contributed by atoms with Crippen molar-refractivity contribution in [3.05, 3.63) is 29.8 Å². The molecule has 110 valence electrons. The first-order valence-electron chi connectivity index (χ1n) is 7.59. The van der Waals surface area contributed by atoms with Crippen LogP contribution in [0.25, 0.3) is 0 Å². The van der Waals surface area contributed by atoms with Crippen molar-refractivity contribution in [1.29, 1.82) is 0 Å². The zero-order valence-corrected chi connectivity index (χ0v) is 12.3. The van der Waals surface area contributed by atoms with Crippen LogP contribution < -0.4 is 4.74 Å². The summed E-state index contributed by atoms with van der Waals surface area (Å²) in [4.78, 5) is 11.6. The van der Waals surface area contributed by atoms with Crippen molar-refractivity contribution < 1.29 is 14.3 Å². The fourth-order valence-corrected chi connectivity index (χ4v) is 2.79. The average Bonchev–Trinajstić information content (AvgIpc) is 2.49. The number of hydrogen-bond acceptors (Lipinski definition) is 3. The largest absolute Gasteiger partial charge is 0.427 e. The molecule has 0 aromatic heterocycles. The number of hydrogen-bond donors (Lipinski definition) is 0. The Morgan fingerprint density at radius 3 is 2.50 bits per heavy atom. The standard InChI is InChI=1S/C17H24O3/c1-19-13-5-8-17(18)20-16-11-9-15(10-12-16)14-6-3-2-4-7-14/h9-12,14H,2-8,13H2,1H3. The lowest BCUT2D eigenvalue weighted by Gasteiger charge is -2.22. The first kappa shape index (κ1) is 15.0. The van der Waals surface area contributed by atoms with Crippen molar-refractivity contribution >= 4 is 5.97 Å². The van der Waals surface area contributed by atoms with E-state index in [9.17, 15) is 4.79 Å². The monoisotopic (exact) mass is 276 g/mol. The first-order chi connectivity index (χ1) is 9.79. The molecule has 1 fully saturated rings. The van der Waals surface area contributed by atoms with Crippen molar-refractivity contribution in [3.63, 3.8) is 0 Å².